The second-order valence-corrected chi connectivity index (χ2v) is 4.08. The van der Waals surface area contributed by atoms with Crippen LogP contribution in [0, 0.1) is 5.82 Å². The van der Waals surface area contributed by atoms with Gasteiger partial charge in [0.15, 0.2) is 0 Å². The molecule has 1 aromatic carbocycles. The lowest BCUT2D eigenvalue weighted by Crippen LogP contribution is -2.50. The molecule has 0 spiro atoms. The van der Waals surface area contributed by atoms with Crippen LogP contribution in [0.2, 0.25) is 0 Å². The van der Waals surface area contributed by atoms with E-state index in [4.69, 9.17) is 10.8 Å². The molecule has 1 aliphatic rings. The van der Waals surface area contributed by atoms with E-state index in [1.54, 1.807) is 23.1 Å². The molecule has 86 valence electrons. The third kappa shape index (κ3) is 1.74. The number of hydrogen-bond donors (Lipinski definition) is 2. The maximum absolute atomic E-state index is 13.5. The van der Waals surface area contributed by atoms with E-state index in [2.05, 4.69) is 0 Å². The van der Waals surface area contributed by atoms with Crippen LogP contribution in [0.5, 0.6) is 0 Å². The zero-order chi connectivity index (χ0) is 11.8. The Hall–Kier alpha value is -1.62. The Morgan fingerprint density at radius 2 is 2.19 bits per heavy atom. The van der Waals surface area contributed by atoms with E-state index in [0.29, 0.717) is 18.7 Å². The molecule has 1 aliphatic heterocycles. The SMILES string of the molecule is NC1(C(=O)O)CCN(c2ccccc2F)C1. The molecule has 1 atom stereocenters. The van der Waals surface area contributed by atoms with Gasteiger partial charge in [0.25, 0.3) is 0 Å². The van der Waals surface area contributed by atoms with Crippen molar-refractivity contribution in [2.45, 2.75) is 12.0 Å². The van der Waals surface area contributed by atoms with Crippen molar-refractivity contribution in [2.24, 2.45) is 5.73 Å². The number of nitrogens with two attached hydrogens (primary N) is 1. The quantitative estimate of drug-likeness (QED) is 0.780. The third-order valence-electron chi connectivity index (χ3n) is 2.92. The fourth-order valence-electron chi connectivity index (χ4n) is 1.92. The lowest BCUT2D eigenvalue weighted by Gasteiger charge is -2.21. The van der Waals surface area contributed by atoms with Crippen LogP contribution < -0.4 is 10.6 Å². The molecule has 0 aromatic heterocycles. The number of anilines is 1. The minimum Gasteiger partial charge on any atom is -0.480 e. The normalized spacial score (nSPS) is 24.8. The fraction of sp³-hybridized carbons (Fsp3) is 0.364. The molecule has 1 heterocycles. The predicted molar refractivity (Wildman–Crippen MR) is 57.8 cm³/mol. The van der Waals surface area contributed by atoms with Gasteiger partial charge >= 0.3 is 5.97 Å². The number of nitrogens with zero attached hydrogens (tertiary/aromatic N) is 1. The van der Waals surface area contributed by atoms with Gasteiger partial charge in [-0.3, -0.25) is 4.79 Å². The summed E-state index contributed by atoms with van der Waals surface area (Å²) in [5.74, 6) is -1.39. The number of halogens is 1. The molecule has 1 unspecified atom stereocenters. The number of carbonyl (C=O) groups is 1. The molecular formula is C11H13FN2O2. The number of hydrogen-bond acceptors (Lipinski definition) is 3. The van der Waals surface area contributed by atoms with Crippen LogP contribution in [-0.4, -0.2) is 29.7 Å². The van der Waals surface area contributed by atoms with Crippen molar-refractivity contribution in [1.82, 2.24) is 0 Å². The molecular weight excluding hydrogens is 211 g/mol. The second-order valence-electron chi connectivity index (χ2n) is 4.08. The summed E-state index contributed by atoms with van der Waals surface area (Å²) in [5.41, 5.74) is 4.87. The molecule has 0 radical (unpaired) electrons. The van der Waals surface area contributed by atoms with Crippen molar-refractivity contribution in [3.63, 3.8) is 0 Å². The topological polar surface area (TPSA) is 66.6 Å². The van der Waals surface area contributed by atoms with Crippen molar-refractivity contribution in [3.8, 4) is 0 Å². The first-order chi connectivity index (χ1) is 7.53. The number of rotatable bonds is 2. The Kier molecular flexibility index (Phi) is 2.55. The summed E-state index contributed by atoms with van der Waals surface area (Å²) >= 11 is 0. The van der Waals surface area contributed by atoms with Crippen LogP contribution >= 0.6 is 0 Å². The minimum atomic E-state index is -1.26. The van der Waals surface area contributed by atoms with Crippen LogP contribution in [0.15, 0.2) is 24.3 Å². The summed E-state index contributed by atoms with van der Waals surface area (Å²) in [6.07, 6.45) is 0.330. The Morgan fingerprint density at radius 1 is 1.50 bits per heavy atom. The van der Waals surface area contributed by atoms with Crippen LogP contribution in [0.25, 0.3) is 0 Å². The second kappa shape index (κ2) is 3.75. The molecule has 5 heteroatoms. The van der Waals surface area contributed by atoms with Crippen molar-refractivity contribution in [3.05, 3.63) is 30.1 Å². The number of para-hydroxylation sites is 1. The summed E-state index contributed by atoms with van der Waals surface area (Å²) in [4.78, 5) is 12.6. The largest absolute Gasteiger partial charge is 0.480 e. The maximum Gasteiger partial charge on any atom is 0.325 e. The van der Waals surface area contributed by atoms with Gasteiger partial charge in [0.2, 0.25) is 0 Å². The molecule has 2 rings (SSSR count). The average molecular weight is 224 g/mol. The standard InChI is InChI=1S/C11H13FN2O2/c12-8-3-1-2-4-9(8)14-6-5-11(13,7-14)10(15)16/h1-4H,5-7,13H2,(H,15,16). The smallest absolute Gasteiger partial charge is 0.325 e. The summed E-state index contributed by atoms with van der Waals surface area (Å²) in [7, 11) is 0. The molecule has 4 nitrogen and oxygen atoms in total. The van der Waals surface area contributed by atoms with Gasteiger partial charge < -0.3 is 15.7 Å². The van der Waals surface area contributed by atoms with E-state index in [9.17, 15) is 9.18 Å². The highest BCUT2D eigenvalue weighted by Crippen LogP contribution is 2.27. The van der Waals surface area contributed by atoms with E-state index in [1.807, 2.05) is 0 Å². The van der Waals surface area contributed by atoms with Crippen molar-refractivity contribution in [2.75, 3.05) is 18.0 Å². The molecule has 3 N–H and O–H groups in total. The van der Waals surface area contributed by atoms with Crippen LogP contribution in [-0.2, 0) is 4.79 Å². The molecule has 0 bridgehead atoms. The Balaban J connectivity index is 2.22. The van der Waals surface area contributed by atoms with Crippen molar-refractivity contribution < 1.29 is 14.3 Å². The molecule has 16 heavy (non-hydrogen) atoms. The summed E-state index contributed by atoms with van der Waals surface area (Å²) < 4.78 is 13.5. The molecule has 1 fully saturated rings. The Morgan fingerprint density at radius 3 is 2.75 bits per heavy atom. The molecule has 1 aromatic rings. The van der Waals surface area contributed by atoms with Crippen LogP contribution in [0.3, 0.4) is 0 Å². The van der Waals surface area contributed by atoms with E-state index < -0.39 is 11.5 Å². The molecule has 0 saturated carbocycles. The average Bonchev–Trinajstić information content (AvgIpc) is 2.63. The van der Waals surface area contributed by atoms with Crippen LogP contribution in [0.4, 0.5) is 10.1 Å². The number of carboxylic acid groups (broad SMARTS) is 1. The third-order valence-corrected chi connectivity index (χ3v) is 2.92. The zero-order valence-electron chi connectivity index (χ0n) is 8.69. The van der Waals surface area contributed by atoms with Gasteiger partial charge in [0.05, 0.1) is 5.69 Å². The molecule has 0 aliphatic carbocycles. The first-order valence-electron chi connectivity index (χ1n) is 5.05. The number of benzene rings is 1. The van der Waals surface area contributed by atoms with Crippen molar-refractivity contribution >= 4 is 11.7 Å². The highest BCUT2D eigenvalue weighted by Gasteiger charge is 2.41. The van der Waals surface area contributed by atoms with Gasteiger partial charge in [-0.15, -0.1) is 0 Å². The Labute approximate surface area is 92.5 Å². The fourth-order valence-corrected chi connectivity index (χ4v) is 1.92. The van der Waals surface area contributed by atoms with Gasteiger partial charge in [-0.25, -0.2) is 4.39 Å². The van der Waals surface area contributed by atoms with Gasteiger partial charge in [0.1, 0.15) is 11.4 Å². The van der Waals surface area contributed by atoms with Crippen LogP contribution in [0.1, 0.15) is 6.42 Å². The highest BCUT2D eigenvalue weighted by atomic mass is 19.1. The Bertz CT molecular complexity index is 424. The van der Waals surface area contributed by atoms with E-state index in [-0.39, 0.29) is 12.4 Å². The van der Waals surface area contributed by atoms with Gasteiger partial charge in [-0.1, -0.05) is 12.1 Å². The van der Waals surface area contributed by atoms with E-state index in [1.165, 1.54) is 6.07 Å². The lowest BCUT2D eigenvalue weighted by atomic mass is 10.0. The van der Waals surface area contributed by atoms with Gasteiger partial charge in [0, 0.05) is 13.1 Å². The van der Waals surface area contributed by atoms with Gasteiger partial charge in [-0.2, -0.15) is 0 Å². The molecule has 0 amide bonds. The lowest BCUT2D eigenvalue weighted by molar-refractivity contribution is -0.142. The first-order valence-corrected chi connectivity index (χ1v) is 5.05. The zero-order valence-corrected chi connectivity index (χ0v) is 8.69. The van der Waals surface area contributed by atoms with E-state index in [0.717, 1.165) is 0 Å². The number of carboxylic acids is 1. The van der Waals surface area contributed by atoms with E-state index >= 15 is 0 Å². The predicted octanol–water partition coefficient (Wildman–Crippen LogP) is 0.818. The minimum absolute atomic E-state index is 0.142. The summed E-state index contributed by atoms with van der Waals surface area (Å²) in [5, 5.41) is 8.96. The monoisotopic (exact) mass is 224 g/mol. The summed E-state index contributed by atoms with van der Waals surface area (Å²) in [6.45, 7) is 0.604. The van der Waals surface area contributed by atoms with Gasteiger partial charge in [-0.05, 0) is 18.6 Å². The summed E-state index contributed by atoms with van der Waals surface area (Å²) in [6, 6.07) is 6.30. The number of aliphatic carboxylic acids is 1. The first kappa shape index (κ1) is 10.9. The molecule has 1 saturated heterocycles. The maximum atomic E-state index is 13.5. The van der Waals surface area contributed by atoms with Crippen molar-refractivity contribution in [1.29, 1.82) is 0 Å². The highest BCUT2D eigenvalue weighted by molar-refractivity contribution is 5.80.